The largest absolute Gasteiger partial charge is 0.507 e. The SMILES string of the molecule is C=CC(=O)N1CCN(c2c(C#N)c(=O)n(-c3c(C)ccnc3C(C)C)c3nc(-c4c(O)cccc4F)c(F)cc23)C(C)C1. The molecule has 3 aromatic heterocycles. The summed E-state index contributed by atoms with van der Waals surface area (Å²) in [6.07, 6.45) is 2.84. The predicted octanol–water partition coefficient (Wildman–Crippen LogP) is 4.96. The zero-order valence-corrected chi connectivity index (χ0v) is 24.2. The molecular weight excluding hydrogens is 554 g/mol. The maximum Gasteiger partial charge on any atom is 0.276 e. The Bertz CT molecular complexity index is 1880. The molecule has 9 nitrogen and oxygen atoms in total. The molecular formula is C32H30F2N6O3. The average Bonchev–Trinajstić information content (AvgIpc) is 2.97. The fourth-order valence-corrected chi connectivity index (χ4v) is 5.70. The highest BCUT2D eigenvalue weighted by atomic mass is 19.1. The van der Waals surface area contributed by atoms with Crippen LogP contribution in [-0.4, -0.2) is 56.1 Å². The lowest BCUT2D eigenvalue weighted by Crippen LogP contribution is -2.54. The first kappa shape index (κ1) is 29.4. The number of carbonyl (C=O) groups excluding carboxylic acids is 1. The van der Waals surface area contributed by atoms with Gasteiger partial charge in [0.15, 0.2) is 11.5 Å². The van der Waals surface area contributed by atoms with Crippen LogP contribution < -0.4 is 10.5 Å². The molecule has 0 saturated carbocycles. The fourth-order valence-electron chi connectivity index (χ4n) is 5.70. The van der Waals surface area contributed by atoms with E-state index < -0.39 is 34.2 Å². The molecule has 1 aromatic carbocycles. The molecule has 43 heavy (non-hydrogen) atoms. The average molecular weight is 585 g/mol. The van der Waals surface area contributed by atoms with Crippen molar-refractivity contribution in [2.75, 3.05) is 24.5 Å². The molecule has 0 spiro atoms. The van der Waals surface area contributed by atoms with Crippen LogP contribution in [0.2, 0.25) is 0 Å². The van der Waals surface area contributed by atoms with Crippen molar-refractivity contribution in [3.05, 3.63) is 88.0 Å². The van der Waals surface area contributed by atoms with Gasteiger partial charge in [0.1, 0.15) is 28.9 Å². The van der Waals surface area contributed by atoms with E-state index in [2.05, 4.69) is 16.5 Å². The first-order valence-corrected chi connectivity index (χ1v) is 13.8. The normalized spacial score (nSPS) is 15.2. The molecule has 1 fully saturated rings. The summed E-state index contributed by atoms with van der Waals surface area (Å²) in [6.45, 7) is 11.8. The standard InChI is InChI=1S/C32H30F2N6O3/c1-6-25(42)38-12-13-39(19(5)16-38)30-20-14-23(34)28(26-22(33)8-7-9-24(26)41)37-31(20)40(32(43)21(30)15-35)29-18(4)10-11-36-27(29)17(2)3/h6-11,14,17,19,41H,1,12-13,16H2,2-5H3. The van der Waals surface area contributed by atoms with Crippen molar-refractivity contribution in [3.63, 3.8) is 0 Å². The Kier molecular flexibility index (Phi) is 7.71. The van der Waals surface area contributed by atoms with E-state index in [1.807, 2.05) is 26.8 Å². The van der Waals surface area contributed by atoms with Crippen LogP contribution in [0.25, 0.3) is 28.0 Å². The number of nitrogens with zero attached hydrogens (tertiary/aromatic N) is 6. The van der Waals surface area contributed by atoms with E-state index in [9.17, 15) is 24.3 Å². The number of amides is 1. The topological polar surface area (TPSA) is 115 Å². The second-order valence-electron chi connectivity index (χ2n) is 10.8. The lowest BCUT2D eigenvalue weighted by Gasteiger charge is -2.41. The van der Waals surface area contributed by atoms with Crippen LogP contribution in [0.1, 0.15) is 43.5 Å². The second-order valence-corrected chi connectivity index (χ2v) is 10.8. The van der Waals surface area contributed by atoms with Gasteiger partial charge in [0.2, 0.25) is 5.91 Å². The summed E-state index contributed by atoms with van der Waals surface area (Å²) in [7, 11) is 0. The number of fused-ring (bicyclic) bond motifs is 1. The number of aryl methyl sites for hydroxylation is 1. The maximum absolute atomic E-state index is 16.0. The van der Waals surface area contributed by atoms with E-state index in [-0.39, 0.29) is 59.8 Å². The summed E-state index contributed by atoms with van der Waals surface area (Å²) in [5, 5.41) is 21.0. The molecule has 220 valence electrons. The van der Waals surface area contributed by atoms with Crippen LogP contribution in [0.15, 0.2) is 54.0 Å². The molecule has 0 bridgehead atoms. The van der Waals surface area contributed by atoms with Crippen LogP contribution in [0.4, 0.5) is 14.5 Å². The van der Waals surface area contributed by atoms with E-state index in [4.69, 9.17) is 0 Å². The molecule has 11 heteroatoms. The molecule has 1 saturated heterocycles. The molecule has 1 aliphatic heterocycles. The Morgan fingerprint density at radius 2 is 1.95 bits per heavy atom. The van der Waals surface area contributed by atoms with Crippen molar-refractivity contribution >= 4 is 22.6 Å². The Balaban J connectivity index is 1.92. The van der Waals surface area contributed by atoms with Gasteiger partial charge in [-0.05, 0) is 55.7 Å². The molecule has 4 heterocycles. The molecule has 1 atom stereocenters. The first-order chi connectivity index (χ1) is 20.5. The number of carbonyl (C=O) groups is 1. The number of phenols is 1. The highest BCUT2D eigenvalue weighted by Crippen LogP contribution is 2.38. The smallest absolute Gasteiger partial charge is 0.276 e. The summed E-state index contributed by atoms with van der Waals surface area (Å²) in [4.78, 5) is 39.1. The molecule has 1 aliphatic rings. The van der Waals surface area contributed by atoms with Gasteiger partial charge in [-0.1, -0.05) is 26.5 Å². The van der Waals surface area contributed by atoms with Gasteiger partial charge in [-0.3, -0.25) is 19.1 Å². The number of benzene rings is 1. The first-order valence-electron chi connectivity index (χ1n) is 13.8. The van der Waals surface area contributed by atoms with Crippen molar-refractivity contribution in [2.45, 2.75) is 39.7 Å². The minimum atomic E-state index is -0.955. The Hall–Kier alpha value is -5.11. The maximum atomic E-state index is 16.0. The van der Waals surface area contributed by atoms with Crippen molar-refractivity contribution in [1.29, 1.82) is 5.26 Å². The quantitative estimate of drug-likeness (QED) is 0.330. The molecule has 1 N–H and O–H groups in total. The highest BCUT2D eigenvalue weighted by Gasteiger charge is 2.33. The van der Waals surface area contributed by atoms with Crippen molar-refractivity contribution in [2.24, 2.45) is 0 Å². The number of halogens is 2. The molecule has 0 aliphatic carbocycles. The number of aromatic hydroxyl groups is 1. The summed E-state index contributed by atoms with van der Waals surface area (Å²) in [5.74, 6) is -2.77. The number of nitriles is 1. The van der Waals surface area contributed by atoms with E-state index in [1.165, 1.54) is 22.8 Å². The monoisotopic (exact) mass is 584 g/mol. The van der Waals surface area contributed by atoms with Crippen LogP contribution in [-0.2, 0) is 4.79 Å². The van der Waals surface area contributed by atoms with Gasteiger partial charge in [-0.15, -0.1) is 0 Å². The van der Waals surface area contributed by atoms with E-state index in [0.29, 0.717) is 16.9 Å². The van der Waals surface area contributed by atoms with Gasteiger partial charge < -0.3 is 14.9 Å². The third-order valence-corrected chi connectivity index (χ3v) is 7.74. The number of anilines is 1. The van der Waals surface area contributed by atoms with Crippen LogP contribution in [0.5, 0.6) is 5.75 Å². The molecule has 0 radical (unpaired) electrons. The number of aromatic nitrogens is 3. The van der Waals surface area contributed by atoms with E-state index in [0.717, 1.165) is 12.1 Å². The summed E-state index contributed by atoms with van der Waals surface area (Å²) < 4.78 is 32.2. The van der Waals surface area contributed by atoms with Crippen LogP contribution >= 0.6 is 0 Å². The van der Waals surface area contributed by atoms with Crippen LogP contribution in [0.3, 0.4) is 0 Å². The van der Waals surface area contributed by atoms with Gasteiger partial charge >= 0.3 is 0 Å². The third-order valence-electron chi connectivity index (χ3n) is 7.74. The second kappa shape index (κ2) is 11.3. The molecule has 4 aromatic rings. The zero-order chi connectivity index (χ0) is 31.2. The Labute approximate surface area is 247 Å². The number of piperazine rings is 1. The van der Waals surface area contributed by atoms with Crippen molar-refractivity contribution in [3.8, 4) is 28.8 Å². The minimum Gasteiger partial charge on any atom is -0.507 e. The summed E-state index contributed by atoms with van der Waals surface area (Å²) >= 11 is 0. The number of pyridine rings is 3. The number of hydrogen-bond donors (Lipinski definition) is 1. The summed E-state index contributed by atoms with van der Waals surface area (Å²) in [6, 6.07) is 8.08. The lowest BCUT2D eigenvalue weighted by atomic mass is 10.0. The van der Waals surface area contributed by atoms with Gasteiger partial charge in [-0.25, -0.2) is 13.8 Å². The summed E-state index contributed by atoms with van der Waals surface area (Å²) in [5.41, 5.74) is -0.166. The van der Waals surface area contributed by atoms with E-state index >= 15 is 4.39 Å². The third kappa shape index (κ3) is 4.88. The Morgan fingerprint density at radius 1 is 1.21 bits per heavy atom. The molecule has 5 rings (SSSR count). The minimum absolute atomic E-state index is 0.0344. The number of phenolic OH excluding ortho intramolecular Hbond substituents is 1. The predicted molar refractivity (Wildman–Crippen MR) is 159 cm³/mol. The van der Waals surface area contributed by atoms with Gasteiger partial charge in [0, 0.05) is 37.3 Å². The van der Waals surface area contributed by atoms with Gasteiger partial charge in [-0.2, -0.15) is 5.26 Å². The van der Waals surface area contributed by atoms with Gasteiger partial charge in [0.25, 0.3) is 5.56 Å². The number of rotatable bonds is 5. The van der Waals surface area contributed by atoms with Crippen molar-refractivity contribution in [1.82, 2.24) is 19.4 Å². The van der Waals surface area contributed by atoms with Crippen molar-refractivity contribution < 1.29 is 18.7 Å². The highest BCUT2D eigenvalue weighted by molar-refractivity contribution is 5.96. The molecule has 1 amide bonds. The van der Waals surface area contributed by atoms with E-state index in [1.54, 1.807) is 29.0 Å². The lowest BCUT2D eigenvalue weighted by molar-refractivity contribution is -0.126. The zero-order valence-electron chi connectivity index (χ0n) is 24.2. The van der Waals surface area contributed by atoms with Gasteiger partial charge in [0.05, 0.1) is 22.6 Å². The fraction of sp³-hybridized carbons (Fsp3) is 0.281. The Morgan fingerprint density at radius 3 is 2.58 bits per heavy atom. The number of hydrogen-bond acceptors (Lipinski definition) is 7. The van der Waals surface area contributed by atoms with Crippen LogP contribution in [0, 0.1) is 29.9 Å². The molecule has 1 unspecified atom stereocenters.